The molecule has 0 fully saturated rings. The molecule has 0 spiro atoms. The van der Waals surface area contributed by atoms with Gasteiger partial charge in [-0.05, 0) is 24.3 Å². The number of aromatic amines is 2. The van der Waals surface area contributed by atoms with E-state index in [1.54, 1.807) is 24.3 Å². The van der Waals surface area contributed by atoms with Gasteiger partial charge in [0.05, 0.1) is 0 Å². The molecule has 0 radical (unpaired) electrons. The van der Waals surface area contributed by atoms with Crippen molar-refractivity contribution in [2.24, 2.45) is 0 Å². The summed E-state index contributed by atoms with van der Waals surface area (Å²) in [5.41, 5.74) is 0.0412. The van der Waals surface area contributed by atoms with Gasteiger partial charge in [0, 0.05) is 10.7 Å². The Hall–Kier alpha value is -2.08. The number of anilines is 1. The zero-order valence-corrected chi connectivity index (χ0v) is 8.71. The van der Waals surface area contributed by atoms with Gasteiger partial charge in [-0.3, -0.25) is 9.78 Å². The number of carbonyl (C=O) groups excluding carboxylic acids is 1. The van der Waals surface area contributed by atoms with Gasteiger partial charge in [0.1, 0.15) is 0 Å². The second kappa shape index (κ2) is 4.19. The Labute approximate surface area is 94.6 Å². The molecule has 1 heterocycles. The second-order valence-corrected chi connectivity index (χ2v) is 3.42. The highest BCUT2D eigenvalue weighted by molar-refractivity contribution is 6.30. The third kappa shape index (κ3) is 2.29. The van der Waals surface area contributed by atoms with E-state index < -0.39 is 11.6 Å². The van der Waals surface area contributed by atoms with Crippen molar-refractivity contribution in [3.8, 4) is 0 Å². The van der Waals surface area contributed by atoms with Crippen LogP contribution in [-0.2, 0) is 0 Å². The summed E-state index contributed by atoms with van der Waals surface area (Å²) in [5.74, 6) is -0.569. The lowest BCUT2D eigenvalue weighted by molar-refractivity contribution is 0.101. The number of carbonyl (C=O) groups is 1. The number of benzene rings is 1. The number of halogens is 1. The zero-order chi connectivity index (χ0) is 11.5. The van der Waals surface area contributed by atoms with Crippen molar-refractivity contribution in [1.29, 1.82) is 0 Å². The monoisotopic (exact) mass is 238 g/mol. The van der Waals surface area contributed by atoms with Crippen LogP contribution >= 0.6 is 11.6 Å². The molecule has 1 amide bonds. The van der Waals surface area contributed by atoms with Crippen molar-refractivity contribution in [1.82, 2.24) is 15.2 Å². The molecular formula is C9H7ClN4O2. The number of rotatable bonds is 2. The Morgan fingerprint density at radius 1 is 1.31 bits per heavy atom. The number of amides is 1. The molecule has 1 aromatic carbocycles. The summed E-state index contributed by atoms with van der Waals surface area (Å²) in [5, 5.41) is 8.72. The molecular weight excluding hydrogens is 232 g/mol. The van der Waals surface area contributed by atoms with Crippen molar-refractivity contribution in [2.75, 3.05) is 5.32 Å². The van der Waals surface area contributed by atoms with Gasteiger partial charge in [-0.2, -0.15) is 0 Å². The first-order chi connectivity index (χ1) is 7.65. The Kier molecular flexibility index (Phi) is 2.74. The molecule has 82 valence electrons. The van der Waals surface area contributed by atoms with E-state index >= 15 is 0 Å². The lowest BCUT2D eigenvalue weighted by atomic mass is 10.3. The van der Waals surface area contributed by atoms with Crippen molar-refractivity contribution >= 4 is 23.2 Å². The van der Waals surface area contributed by atoms with Gasteiger partial charge in [-0.25, -0.2) is 9.89 Å². The molecule has 0 unspecified atom stereocenters. The smallest absolute Gasteiger partial charge is 0.319 e. The van der Waals surface area contributed by atoms with Crippen LogP contribution in [0.5, 0.6) is 0 Å². The van der Waals surface area contributed by atoms with Crippen LogP contribution in [0.1, 0.15) is 10.6 Å². The van der Waals surface area contributed by atoms with Gasteiger partial charge in [0.25, 0.3) is 5.91 Å². The van der Waals surface area contributed by atoms with E-state index in [1.165, 1.54) is 0 Å². The number of hydrogen-bond acceptors (Lipinski definition) is 3. The molecule has 0 bridgehead atoms. The summed E-state index contributed by atoms with van der Waals surface area (Å²) in [7, 11) is 0. The van der Waals surface area contributed by atoms with E-state index in [0.29, 0.717) is 10.7 Å². The maximum absolute atomic E-state index is 11.5. The molecule has 6 nitrogen and oxygen atoms in total. The van der Waals surface area contributed by atoms with Crippen LogP contribution in [0.4, 0.5) is 5.69 Å². The van der Waals surface area contributed by atoms with Gasteiger partial charge >= 0.3 is 5.69 Å². The minimum atomic E-state index is -0.527. The van der Waals surface area contributed by atoms with E-state index in [0.717, 1.165) is 0 Å². The fraction of sp³-hybridized carbons (Fsp3) is 0. The van der Waals surface area contributed by atoms with Crippen molar-refractivity contribution < 1.29 is 4.79 Å². The molecule has 16 heavy (non-hydrogen) atoms. The maximum Gasteiger partial charge on any atom is 0.341 e. The van der Waals surface area contributed by atoms with Crippen LogP contribution in [0.25, 0.3) is 0 Å². The largest absolute Gasteiger partial charge is 0.341 e. The lowest BCUT2D eigenvalue weighted by Gasteiger charge is -2.01. The first kappa shape index (κ1) is 10.4. The molecule has 0 saturated carbocycles. The molecule has 0 saturated heterocycles. The van der Waals surface area contributed by atoms with Crippen molar-refractivity contribution in [3.05, 3.63) is 45.6 Å². The molecule has 0 aliphatic rings. The molecule has 2 aromatic rings. The molecule has 0 atom stereocenters. The molecule has 3 N–H and O–H groups in total. The van der Waals surface area contributed by atoms with Crippen LogP contribution in [-0.4, -0.2) is 21.1 Å². The van der Waals surface area contributed by atoms with Gasteiger partial charge in [-0.1, -0.05) is 11.6 Å². The molecule has 0 aliphatic carbocycles. The number of nitrogens with zero attached hydrogens (tertiary/aromatic N) is 1. The lowest BCUT2D eigenvalue weighted by Crippen LogP contribution is -2.14. The summed E-state index contributed by atoms with van der Waals surface area (Å²) < 4.78 is 0. The predicted molar refractivity (Wildman–Crippen MR) is 58.6 cm³/mol. The molecule has 2 rings (SSSR count). The minimum Gasteiger partial charge on any atom is -0.319 e. The van der Waals surface area contributed by atoms with Crippen LogP contribution in [0.3, 0.4) is 0 Å². The SMILES string of the molecule is O=C(Nc1ccc(Cl)cc1)c1n[nH]c(=O)[nH]1. The highest BCUT2D eigenvalue weighted by atomic mass is 35.5. The Bertz CT molecular complexity index is 557. The highest BCUT2D eigenvalue weighted by Gasteiger charge is 2.09. The summed E-state index contributed by atoms with van der Waals surface area (Å²) in [6.45, 7) is 0. The minimum absolute atomic E-state index is 0.0695. The summed E-state index contributed by atoms with van der Waals surface area (Å²) in [6.07, 6.45) is 0. The normalized spacial score (nSPS) is 10.1. The van der Waals surface area contributed by atoms with Gasteiger partial charge in [-0.15, -0.1) is 5.10 Å². The maximum atomic E-state index is 11.5. The van der Waals surface area contributed by atoms with Crippen LogP contribution < -0.4 is 11.0 Å². The van der Waals surface area contributed by atoms with Crippen molar-refractivity contribution in [2.45, 2.75) is 0 Å². The topological polar surface area (TPSA) is 90.6 Å². The third-order valence-electron chi connectivity index (χ3n) is 1.82. The van der Waals surface area contributed by atoms with E-state index in [1.807, 2.05) is 0 Å². The van der Waals surface area contributed by atoms with Gasteiger partial charge < -0.3 is 5.32 Å². The first-order valence-electron chi connectivity index (χ1n) is 4.37. The molecule has 7 heteroatoms. The first-order valence-corrected chi connectivity index (χ1v) is 4.74. The van der Waals surface area contributed by atoms with Crippen LogP contribution in [0.15, 0.2) is 29.1 Å². The summed E-state index contributed by atoms with van der Waals surface area (Å²) >= 11 is 5.69. The van der Waals surface area contributed by atoms with E-state index in [-0.39, 0.29) is 5.82 Å². The Morgan fingerprint density at radius 3 is 2.56 bits per heavy atom. The van der Waals surface area contributed by atoms with E-state index in [4.69, 9.17) is 11.6 Å². The summed E-state index contributed by atoms with van der Waals surface area (Å²) in [4.78, 5) is 24.5. The number of aromatic nitrogens is 3. The Balaban J connectivity index is 2.13. The van der Waals surface area contributed by atoms with Gasteiger partial charge in [0.15, 0.2) is 0 Å². The second-order valence-electron chi connectivity index (χ2n) is 2.99. The predicted octanol–water partition coefficient (Wildman–Crippen LogP) is 1.00. The Morgan fingerprint density at radius 2 is 2.00 bits per heavy atom. The third-order valence-corrected chi connectivity index (χ3v) is 2.07. The van der Waals surface area contributed by atoms with Gasteiger partial charge in [0.2, 0.25) is 5.82 Å². The zero-order valence-electron chi connectivity index (χ0n) is 7.95. The van der Waals surface area contributed by atoms with Crippen LogP contribution in [0, 0.1) is 0 Å². The quantitative estimate of drug-likeness (QED) is 0.729. The summed E-state index contributed by atoms with van der Waals surface area (Å²) in [6, 6.07) is 6.57. The number of nitrogens with one attached hydrogen (secondary N) is 3. The van der Waals surface area contributed by atoms with E-state index in [9.17, 15) is 9.59 Å². The number of H-pyrrole nitrogens is 2. The standard InChI is InChI=1S/C9H7ClN4O2/c10-5-1-3-6(4-2-5)11-8(15)7-12-9(16)14-13-7/h1-4H,(H,11,15)(H2,12,13,14,16). The fourth-order valence-corrected chi connectivity index (χ4v) is 1.23. The van der Waals surface area contributed by atoms with Crippen molar-refractivity contribution in [3.63, 3.8) is 0 Å². The number of hydrogen-bond donors (Lipinski definition) is 3. The average Bonchev–Trinajstić information content (AvgIpc) is 2.68. The average molecular weight is 239 g/mol. The molecule has 0 aliphatic heterocycles. The molecule has 1 aromatic heterocycles. The van der Waals surface area contributed by atoms with Crippen LogP contribution in [0.2, 0.25) is 5.02 Å². The fourth-order valence-electron chi connectivity index (χ4n) is 1.10. The van der Waals surface area contributed by atoms with E-state index in [2.05, 4.69) is 20.5 Å². The highest BCUT2D eigenvalue weighted by Crippen LogP contribution is 2.13.